The van der Waals surface area contributed by atoms with E-state index in [0.717, 1.165) is 8.14 Å². The molecule has 0 saturated heterocycles. The molecule has 3 aromatic rings. The number of benzene rings is 2. The van der Waals surface area contributed by atoms with E-state index in [1.54, 1.807) is 18.2 Å². The first-order valence-electron chi connectivity index (χ1n) is 6.88. The van der Waals surface area contributed by atoms with Crippen molar-refractivity contribution in [2.45, 2.75) is 6.54 Å². The number of aromatic nitrogens is 2. The second kappa shape index (κ2) is 6.48. The number of nitro benzene ring substituents is 1. The Morgan fingerprint density at radius 3 is 2.75 bits per heavy atom. The van der Waals surface area contributed by atoms with E-state index in [0.29, 0.717) is 10.9 Å². The lowest BCUT2D eigenvalue weighted by Gasteiger charge is -2.07. The summed E-state index contributed by atoms with van der Waals surface area (Å²) in [5, 5.41) is 11.4. The fourth-order valence-corrected chi connectivity index (χ4v) is 2.84. The third-order valence-electron chi connectivity index (χ3n) is 3.50. The second-order valence-corrected chi connectivity index (χ2v) is 6.28. The molecule has 0 atom stereocenters. The van der Waals surface area contributed by atoms with Crippen molar-refractivity contribution in [2.24, 2.45) is 0 Å². The molecule has 2 aromatic carbocycles. The molecule has 1 aromatic heterocycles. The molecule has 0 aliphatic heterocycles. The SMILES string of the molecule is O=C(Cn1cnc2ccc(I)cc2c1=O)c1ccccc1[N+](=O)[O-]. The van der Waals surface area contributed by atoms with Gasteiger partial charge in [-0.25, -0.2) is 4.98 Å². The monoisotopic (exact) mass is 435 g/mol. The highest BCUT2D eigenvalue weighted by atomic mass is 127. The molecule has 0 radical (unpaired) electrons. The largest absolute Gasteiger partial charge is 0.292 e. The number of hydrogen-bond acceptors (Lipinski definition) is 5. The Morgan fingerprint density at radius 2 is 2.00 bits per heavy atom. The number of carbonyl (C=O) groups is 1. The van der Waals surface area contributed by atoms with Crippen molar-refractivity contribution in [2.75, 3.05) is 0 Å². The number of carbonyl (C=O) groups excluding carboxylic acids is 1. The molecule has 0 saturated carbocycles. The van der Waals surface area contributed by atoms with Gasteiger partial charge in [-0.15, -0.1) is 0 Å². The van der Waals surface area contributed by atoms with Crippen molar-refractivity contribution >= 4 is 45.0 Å². The number of ketones is 1. The molecule has 24 heavy (non-hydrogen) atoms. The maximum Gasteiger partial charge on any atom is 0.280 e. The highest BCUT2D eigenvalue weighted by Crippen LogP contribution is 2.19. The van der Waals surface area contributed by atoms with Crippen LogP contribution in [0.5, 0.6) is 0 Å². The van der Waals surface area contributed by atoms with Crippen LogP contribution in [0.25, 0.3) is 10.9 Å². The molecule has 0 amide bonds. The van der Waals surface area contributed by atoms with E-state index < -0.39 is 10.7 Å². The number of rotatable bonds is 4. The van der Waals surface area contributed by atoms with E-state index in [1.807, 2.05) is 6.07 Å². The van der Waals surface area contributed by atoms with Crippen LogP contribution < -0.4 is 5.56 Å². The zero-order valence-electron chi connectivity index (χ0n) is 12.2. The van der Waals surface area contributed by atoms with Crippen molar-refractivity contribution in [3.63, 3.8) is 0 Å². The Balaban J connectivity index is 2.02. The van der Waals surface area contributed by atoms with Crippen molar-refractivity contribution in [1.29, 1.82) is 0 Å². The van der Waals surface area contributed by atoms with Crippen molar-refractivity contribution in [1.82, 2.24) is 9.55 Å². The highest BCUT2D eigenvalue weighted by molar-refractivity contribution is 14.1. The van der Waals surface area contributed by atoms with Crippen LogP contribution in [0.4, 0.5) is 5.69 Å². The molecule has 120 valence electrons. The standard InChI is InChI=1S/C16H10IN3O4/c17-10-5-6-13-12(7-10)16(22)19(9-18-13)8-15(21)11-3-1-2-4-14(11)20(23)24/h1-7,9H,8H2. The van der Waals surface area contributed by atoms with E-state index in [-0.39, 0.29) is 23.4 Å². The Labute approximate surface area is 149 Å². The summed E-state index contributed by atoms with van der Waals surface area (Å²) in [5.74, 6) is -0.517. The Kier molecular flexibility index (Phi) is 4.38. The summed E-state index contributed by atoms with van der Waals surface area (Å²) in [5.41, 5.74) is -0.128. The van der Waals surface area contributed by atoms with Gasteiger partial charge in [0, 0.05) is 9.64 Å². The summed E-state index contributed by atoms with van der Waals surface area (Å²) >= 11 is 2.08. The predicted molar refractivity (Wildman–Crippen MR) is 96.1 cm³/mol. The van der Waals surface area contributed by atoms with Gasteiger partial charge in [-0.2, -0.15) is 0 Å². The molecule has 1 heterocycles. The van der Waals surface area contributed by atoms with Crippen LogP contribution in [0, 0.1) is 13.7 Å². The van der Waals surface area contributed by atoms with E-state index in [9.17, 15) is 19.7 Å². The molecule has 0 N–H and O–H groups in total. The minimum absolute atomic E-state index is 0.0304. The van der Waals surface area contributed by atoms with Crippen LogP contribution in [0.15, 0.2) is 53.6 Å². The molecule has 0 bridgehead atoms. The van der Waals surface area contributed by atoms with Gasteiger partial charge in [-0.3, -0.25) is 24.3 Å². The van der Waals surface area contributed by atoms with E-state index in [2.05, 4.69) is 27.6 Å². The first-order valence-corrected chi connectivity index (χ1v) is 7.96. The Morgan fingerprint density at radius 1 is 1.25 bits per heavy atom. The van der Waals surface area contributed by atoms with Crippen molar-refractivity contribution in [3.05, 3.63) is 78.4 Å². The average Bonchev–Trinajstić information content (AvgIpc) is 2.57. The molecule has 0 aliphatic carbocycles. The number of halogens is 1. The summed E-state index contributed by atoms with van der Waals surface area (Å²) in [6.45, 7) is -0.307. The van der Waals surface area contributed by atoms with E-state index in [1.165, 1.54) is 24.5 Å². The van der Waals surface area contributed by atoms with Gasteiger partial charge in [-0.1, -0.05) is 12.1 Å². The summed E-state index contributed by atoms with van der Waals surface area (Å²) in [4.78, 5) is 39.5. The zero-order chi connectivity index (χ0) is 17.3. The van der Waals surface area contributed by atoms with Crippen molar-refractivity contribution < 1.29 is 9.72 Å². The third-order valence-corrected chi connectivity index (χ3v) is 4.17. The van der Waals surface area contributed by atoms with Gasteiger partial charge in [0.25, 0.3) is 11.2 Å². The van der Waals surface area contributed by atoms with Crippen LogP contribution in [-0.4, -0.2) is 20.3 Å². The minimum Gasteiger partial charge on any atom is -0.292 e. The van der Waals surface area contributed by atoms with Gasteiger partial charge in [-0.05, 0) is 46.9 Å². The van der Waals surface area contributed by atoms with Gasteiger partial charge in [0.15, 0.2) is 5.78 Å². The first-order chi connectivity index (χ1) is 11.5. The lowest BCUT2D eigenvalue weighted by atomic mass is 10.1. The third kappa shape index (κ3) is 3.04. The number of fused-ring (bicyclic) bond motifs is 1. The molecule has 0 fully saturated rings. The molecule has 0 aliphatic rings. The molecule has 8 heteroatoms. The maximum atomic E-state index is 12.5. The van der Waals surface area contributed by atoms with E-state index >= 15 is 0 Å². The molecule has 0 spiro atoms. The molecular formula is C16H10IN3O4. The van der Waals surface area contributed by atoms with Crippen LogP contribution in [0.2, 0.25) is 0 Å². The Bertz CT molecular complexity index is 1030. The summed E-state index contributed by atoms with van der Waals surface area (Å²) in [7, 11) is 0. The maximum absolute atomic E-state index is 12.5. The van der Waals surface area contributed by atoms with Crippen LogP contribution in [0.3, 0.4) is 0 Å². The zero-order valence-corrected chi connectivity index (χ0v) is 14.3. The van der Waals surface area contributed by atoms with Gasteiger partial charge in [0.1, 0.15) is 0 Å². The molecule has 3 rings (SSSR count). The lowest BCUT2D eigenvalue weighted by molar-refractivity contribution is -0.385. The topological polar surface area (TPSA) is 95.1 Å². The highest BCUT2D eigenvalue weighted by Gasteiger charge is 2.20. The van der Waals surface area contributed by atoms with Gasteiger partial charge >= 0.3 is 0 Å². The Hall–Kier alpha value is -2.62. The number of hydrogen-bond donors (Lipinski definition) is 0. The summed E-state index contributed by atoms with van der Waals surface area (Å²) < 4.78 is 2.04. The summed E-state index contributed by atoms with van der Waals surface area (Å²) in [6, 6.07) is 10.9. The second-order valence-electron chi connectivity index (χ2n) is 5.04. The summed E-state index contributed by atoms with van der Waals surface area (Å²) in [6.07, 6.45) is 1.28. The number of nitro groups is 1. The number of nitrogens with zero attached hydrogens (tertiary/aromatic N) is 3. The lowest BCUT2D eigenvalue weighted by Crippen LogP contribution is -2.25. The van der Waals surface area contributed by atoms with E-state index in [4.69, 9.17) is 0 Å². The van der Waals surface area contributed by atoms with Crippen molar-refractivity contribution in [3.8, 4) is 0 Å². The van der Waals surface area contributed by atoms with Crippen LogP contribution in [-0.2, 0) is 6.54 Å². The molecule has 7 nitrogen and oxygen atoms in total. The normalized spacial score (nSPS) is 10.7. The van der Waals surface area contributed by atoms with Crippen LogP contribution >= 0.6 is 22.6 Å². The number of para-hydroxylation sites is 1. The quantitative estimate of drug-likeness (QED) is 0.272. The molecular weight excluding hydrogens is 425 g/mol. The average molecular weight is 435 g/mol. The van der Waals surface area contributed by atoms with Crippen LogP contribution in [0.1, 0.15) is 10.4 Å². The van der Waals surface area contributed by atoms with Gasteiger partial charge in [0.2, 0.25) is 0 Å². The smallest absolute Gasteiger partial charge is 0.280 e. The van der Waals surface area contributed by atoms with Gasteiger partial charge < -0.3 is 0 Å². The number of Topliss-reactive ketones (excluding diaryl/α,β-unsaturated/α-hetero) is 1. The predicted octanol–water partition coefficient (Wildman–Crippen LogP) is 2.79. The fourth-order valence-electron chi connectivity index (χ4n) is 2.35. The fraction of sp³-hybridized carbons (Fsp3) is 0.0625. The first kappa shape index (κ1) is 16.2. The van der Waals surface area contributed by atoms with Gasteiger partial charge in [0.05, 0.1) is 34.3 Å². The molecule has 0 unspecified atom stereocenters. The minimum atomic E-state index is -0.614.